The van der Waals surface area contributed by atoms with Gasteiger partial charge in [0.2, 0.25) is 5.91 Å². The third-order valence-corrected chi connectivity index (χ3v) is 7.58. The van der Waals surface area contributed by atoms with Crippen molar-refractivity contribution >= 4 is 46.2 Å². The van der Waals surface area contributed by atoms with Gasteiger partial charge in [-0.25, -0.2) is 0 Å². The molecule has 32 heavy (non-hydrogen) atoms. The van der Waals surface area contributed by atoms with Crippen LogP contribution in [-0.2, 0) is 9.59 Å². The van der Waals surface area contributed by atoms with Gasteiger partial charge in [0, 0.05) is 13.1 Å². The molecule has 0 N–H and O–H groups in total. The highest BCUT2D eigenvalue weighted by atomic mass is 32.2. The van der Waals surface area contributed by atoms with E-state index in [1.54, 1.807) is 13.2 Å². The van der Waals surface area contributed by atoms with Crippen molar-refractivity contribution in [2.75, 3.05) is 26.7 Å². The Morgan fingerprint density at radius 3 is 2.56 bits per heavy atom. The fourth-order valence-corrected chi connectivity index (χ4v) is 5.66. The average molecular weight is 475 g/mol. The third-order valence-electron chi connectivity index (χ3n) is 6.21. The predicted molar refractivity (Wildman–Crippen MR) is 131 cm³/mol. The smallest absolute Gasteiger partial charge is 0.266 e. The lowest BCUT2D eigenvalue weighted by molar-refractivity contribution is -0.136. The lowest BCUT2D eigenvalue weighted by atomic mass is 9.98. The van der Waals surface area contributed by atoms with Crippen molar-refractivity contribution in [2.45, 2.75) is 57.5 Å². The van der Waals surface area contributed by atoms with E-state index in [4.69, 9.17) is 21.7 Å². The second kappa shape index (κ2) is 10.7. The Morgan fingerprint density at radius 1 is 1.12 bits per heavy atom. The number of carbonyl (C=O) groups is 2. The molecule has 6 nitrogen and oxygen atoms in total. The molecule has 0 atom stereocenters. The molecule has 0 bridgehead atoms. The SMILES string of the molecule is COc1cc(/C=C2\SC(=S)N(CC(=O)N3CCCCC3)C2=O)ccc1OC1CCCCC1. The largest absolute Gasteiger partial charge is 0.493 e. The molecule has 2 heterocycles. The van der Waals surface area contributed by atoms with Crippen LogP contribution >= 0.6 is 24.0 Å². The number of carbonyl (C=O) groups excluding carboxylic acids is 2. The molecule has 0 radical (unpaired) electrons. The van der Waals surface area contributed by atoms with E-state index in [2.05, 4.69) is 0 Å². The number of rotatable bonds is 6. The van der Waals surface area contributed by atoms with Crippen LogP contribution in [0.5, 0.6) is 11.5 Å². The number of piperidine rings is 1. The summed E-state index contributed by atoms with van der Waals surface area (Å²) < 4.78 is 12.1. The van der Waals surface area contributed by atoms with Crippen molar-refractivity contribution in [3.8, 4) is 11.5 Å². The number of hydrogen-bond acceptors (Lipinski definition) is 6. The van der Waals surface area contributed by atoms with Crippen molar-refractivity contribution in [3.63, 3.8) is 0 Å². The second-order valence-electron chi connectivity index (χ2n) is 8.50. The second-order valence-corrected chi connectivity index (χ2v) is 10.2. The first-order valence-electron chi connectivity index (χ1n) is 11.4. The molecule has 1 saturated carbocycles. The Balaban J connectivity index is 1.44. The molecule has 1 aromatic carbocycles. The van der Waals surface area contributed by atoms with E-state index in [1.165, 1.54) is 35.9 Å². The average Bonchev–Trinajstić information content (AvgIpc) is 3.08. The molecule has 172 valence electrons. The lowest BCUT2D eigenvalue weighted by Gasteiger charge is -2.28. The topological polar surface area (TPSA) is 59.1 Å². The molecule has 1 aliphatic carbocycles. The van der Waals surface area contributed by atoms with Crippen LogP contribution in [0.3, 0.4) is 0 Å². The molecule has 0 unspecified atom stereocenters. The molecular formula is C24H30N2O4S2. The van der Waals surface area contributed by atoms with Gasteiger partial charge in [-0.3, -0.25) is 14.5 Å². The summed E-state index contributed by atoms with van der Waals surface area (Å²) in [5.74, 6) is 1.14. The number of methoxy groups -OCH3 is 1. The summed E-state index contributed by atoms with van der Waals surface area (Å²) in [6.07, 6.45) is 11.1. The molecule has 4 rings (SSSR count). The predicted octanol–water partition coefficient (Wildman–Crippen LogP) is 4.62. The summed E-state index contributed by atoms with van der Waals surface area (Å²) >= 11 is 6.64. The highest BCUT2D eigenvalue weighted by Crippen LogP contribution is 2.36. The van der Waals surface area contributed by atoms with Crippen LogP contribution in [0.15, 0.2) is 23.1 Å². The van der Waals surface area contributed by atoms with Crippen LogP contribution in [0.1, 0.15) is 56.9 Å². The van der Waals surface area contributed by atoms with Crippen molar-refractivity contribution in [2.24, 2.45) is 0 Å². The first kappa shape index (κ1) is 23.1. The summed E-state index contributed by atoms with van der Waals surface area (Å²) in [4.78, 5) is 29.3. The fourth-order valence-electron chi connectivity index (χ4n) is 4.40. The zero-order valence-corrected chi connectivity index (χ0v) is 20.1. The number of amides is 2. The Morgan fingerprint density at radius 2 is 1.84 bits per heavy atom. The minimum atomic E-state index is -0.216. The molecule has 3 fully saturated rings. The normalized spacial score (nSPS) is 21.3. The van der Waals surface area contributed by atoms with Gasteiger partial charge < -0.3 is 14.4 Å². The number of thioether (sulfide) groups is 1. The van der Waals surface area contributed by atoms with E-state index < -0.39 is 0 Å². The van der Waals surface area contributed by atoms with Gasteiger partial charge in [-0.15, -0.1) is 0 Å². The quantitative estimate of drug-likeness (QED) is 0.443. The zero-order chi connectivity index (χ0) is 22.5. The fraction of sp³-hybridized carbons (Fsp3) is 0.542. The molecule has 0 spiro atoms. The first-order valence-corrected chi connectivity index (χ1v) is 12.7. The lowest BCUT2D eigenvalue weighted by Crippen LogP contribution is -2.44. The van der Waals surface area contributed by atoms with Crippen LogP contribution in [0.4, 0.5) is 0 Å². The summed E-state index contributed by atoms with van der Waals surface area (Å²) in [7, 11) is 1.62. The molecular weight excluding hydrogens is 444 g/mol. The molecule has 2 saturated heterocycles. The van der Waals surface area contributed by atoms with Gasteiger partial charge in [-0.05, 0) is 68.7 Å². The molecule has 3 aliphatic rings. The number of thiocarbonyl (C=S) groups is 1. The zero-order valence-electron chi connectivity index (χ0n) is 18.5. The molecule has 0 aromatic heterocycles. The number of benzene rings is 1. The van der Waals surface area contributed by atoms with Gasteiger partial charge in [0.05, 0.1) is 18.1 Å². The molecule has 2 amide bonds. The number of likely N-dealkylation sites (tertiary alicyclic amines) is 1. The Hall–Kier alpha value is -2.06. The minimum Gasteiger partial charge on any atom is -0.493 e. The highest BCUT2D eigenvalue weighted by molar-refractivity contribution is 8.26. The van der Waals surface area contributed by atoms with E-state index in [0.717, 1.165) is 56.5 Å². The number of nitrogens with zero attached hydrogens (tertiary/aromatic N) is 2. The Labute approximate surface area is 199 Å². The summed E-state index contributed by atoms with van der Waals surface area (Å²) in [6, 6.07) is 5.70. The van der Waals surface area contributed by atoms with Gasteiger partial charge >= 0.3 is 0 Å². The van der Waals surface area contributed by atoms with Gasteiger partial charge in [-0.2, -0.15) is 0 Å². The first-order chi connectivity index (χ1) is 15.5. The maximum Gasteiger partial charge on any atom is 0.266 e. The summed E-state index contributed by atoms with van der Waals surface area (Å²) in [5, 5.41) is 0. The van der Waals surface area contributed by atoms with E-state index in [9.17, 15) is 9.59 Å². The van der Waals surface area contributed by atoms with Crippen LogP contribution in [0.2, 0.25) is 0 Å². The highest BCUT2D eigenvalue weighted by Gasteiger charge is 2.34. The molecule has 2 aliphatic heterocycles. The maximum atomic E-state index is 12.9. The van der Waals surface area contributed by atoms with E-state index in [-0.39, 0.29) is 24.5 Å². The van der Waals surface area contributed by atoms with E-state index in [0.29, 0.717) is 15.0 Å². The monoisotopic (exact) mass is 474 g/mol. The van der Waals surface area contributed by atoms with Crippen LogP contribution in [-0.4, -0.2) is 58.8 Å². The van der Waals surface area contributed by atoms with Crippen LogP contribution < -0.4 is 9.47 Å². The van der Waals surface area contributed by atoms with Gasteiger partial charge in [0.25, 0.3) is 5.91 Å². The van der Waals surface area contributed by atoms with E-state index in [1.807, 2.05) is 23.1 Å². The van der Waals surface area contributed by atoms with Crippen molar-refractivity contribution in [1.82, 2.24) is 9.80 Å². The summed E-state index contributed by atoms with van der Waals surface area (Å²) in [5.41, 5.74) is 0.834. The minimum absolute atomic E-state index is 0.0134. The number of hydrogen-bond donors (Lipinski definition) is 0. The van der Waals surface area contributed by atoms with Gasteiger partial charge in [0.1, 0.15) is 10.9 Å². The molecule has 1 aromatic rings. The van der Waals surface area contributed by atoms with Crippen molar-refractivity contribution in [1.29, 1.82) is 0 Å². The van der Waals surface area contributed by atoms with Crippen LogP contribution in [0.25, 0.3) is 6.08 Å². The Kier molecular flexibility index (Phi) is 7.73. The van der Waals surface area contributed by atoms with Crippen molar-refractivity contribution < 1.29 is 19.1 Å². The standard InChI is InChI=1S/C24H30N2O4S2/c1-29-20-14-17(10-11-19(20)30-18-8-4-2-5-9-18)15-21-23(28)26(24(31)32-21)16-22(27)25-12-6-3-7-13-25/h10-11,14-15,18H,2-9,12-13,16H2,1H3/b21-15-. The Bertz CT molecular complexity index is 905. The van der Waals surface area contributed by atoms with E-state index >= 15 is 0 Å². The number of ether oxygens (including phenoxy) is 2. The molecule has 8 heteroatoms. The van der Waals surface area contributed by atoms with Gasteiger partial charge in [0.15, 0.2) is 11.5 Å². The summed E-state index contributed by atoms with van der Waals surface area (Å²) in [6.45, 7) is 1.54. The van der Waals surface area contributed by atoms with Gasteiger partial charge in [-0.1, -0.05) is 36.5 Å². The maximum absolute atomic E-state index is 12.9. The van der Waals surface area contributed by atoms with Crippen molar-refractivity contribution in [3.05, 3.63) is 28.7 Å². The van der Waals surface area contributed by atoms with Crippen LogP contribution in [0, 0.1) is 0 Å². The third kappa shape index (κ3) is 5.46.